The molecule has 0 bridgehead atoms. The van der Waals surface area contributed by atoms with Crippen LogP contribution in [0.3, 0.4) is 0 Å². The van der Waals surface area contributed by atoms with Gasteiger partial charge in [-0.3, -0.25) is 14.3 Å². The summed E-state index contributed by atoms with van der Waals surface area (Å²) in [5.41, 5.74) is 0. The van der Waals surface area contributed by atoms with Crippen LogP contribution in [0.5, 0.6) is 11.5 Å². The molecule has 154 valence electrons. The fourth-order valence-corrected chi connectivity index (χ4v) is 4.26. The fourth-order valence-electron chi connectivity index (χ4n) is 4.26. The molecule has 1 aromatic carbocycles. The fraction of sp³-hybridized carbons (Fsp3) is 0.500. The van der Waals surface area contributed by atoms with Gasteiger partial charge in [-0.05, 0) is 18.6 Å². The van der Waals surface area contributed by atoms with Crippen LogP contribution >= 0.6 is 0 Å². The summed E-state index contributed by atoms with van der Waals surface area (Å²) < 4.78 is 12.7. The number of carbonyl (C=O) groups excluding carboxylic acids is 2. The van der Waals surface area contributed by atoms with Crippen molar-refractivity contribution < 1.29 is 19.1 Å². The first kappa shape index (κ1) is 19.2. The summed E-state index contributed by atoms with van der Waals surface area (Å²) in [4.78, 5) is 33.2. The monoisotopic (exact) mass is 399 g/mol. The largest absolute Gasteiger partial charge is 0.493 e. The average molecular weight is 399 g/mol. The lowest BCUT2D eigenvalue weighted by Gasteiger charge is -2.25. The molecule has 0 unspecified atom stereocenters. The van der Waals surface area contributed by atoms with Crippen LogP contribution in [0, 0.1) is 0 Å². The third-order valence-corrected chi connectivity index (χ3v) is 5.74. The van der Waals surface area contributed by atoms with E-state index < -0.39 is 0 Å². The molecule has 2 atom stereocenters. The predicted molar refractivity (Wildman–Crippen MR) is 103 cm³/mol. The summed E-state index contributed by atoms with van der Waals surface area (Å²) >= 11 is 0. The number of benzene rings is 1. The first-order chi connectivity index (χ1) is 14.1. The van der Waals surface area contributed by atoms with E-state index in [1.165, 1.54) is 6.33 Å². The van der Waals surface area contributed by atoms with Crippen LogP contribution in [-0.2, 0) is 23.1 Å². The average Bonchev–Trinajstić information content (AvgIpc) is 3.40. The van der Waals surface area contributed by atoms with E-state index in [1.54, 1.807) is 28.8 Å². The van der Waals surface area contributed by atoms with Gasteiger partial charge in [0.15, 0.2) is 18.1 Å². The van der Waals surface area contributed by atoms with Crippen molar-refractivity contribution >= 4 is 11.8 Å². The number of ether oxygens (including phenoxy) is 2. The summed E-state index contributed by atoms with van der Waals surface area (Å²) in [5, 5.41) is 4.07. The van der Waals surface area contributed by atoms with E-state index in [-0.39, 0.29) is 30.5 Å². The molecule has 3 heterocycles. The number of aryl methyl sites for hydroxylation is 1. The molecule has 29 heavy (non-hydrogen) atoms. The molecule has 0 spiro atoms. The van der Waals surface area contributed by atoms with Gasteiger partial charge in [0.25, 0.3) is 5.91 Å². The molecule has 4 rings (SSSR count). The van der Waals surface area contributed by atoms with Crippen LogP contribution in [0.25, 0.3) is 0 Å². The number of nitrogens with zero attached hydrogens (tertiary/aromatic N) is 5. The molecule has 0 saturated carbocycles. The molecule has 9 nitrogen and oxygen atoms in total. The van der Waals surface area contributed by atoms with Crippen molar-refractivity contribution in [2.75, 3.05) is 26.8 Å². The van der Waals surface area contributed by atoms with Gasteiger partial charge in [0, 0.05) is 33.0 Å². The molecule has 2 aromatic rings. The highest BCUT2D eigenvalue weighted by molar-refractivity contribution is 5.84. The zero-order valence-corrected chi connectivity index (χ0v) is 16.7. The second-order valence-electron chi connectivity index (χ2n) is 7.29. The molecule has 0 N–H and O–H groups in total. The number of carbonyl (C=O) groups is 2. The molecule has 0 radical (unpaired) electrons. The Hall–Kier alpha value is -3.10. The third kappa shape index (κ3) is 3.76. The van der Waals surface area contributed by atoms with E-state index in [1.807, 2.05) is 24.1 Å². The number of hydrogen-bond acceptors (Lipinski definition) is 6. The van der Waals surface area contributed by atoms with Gasteiger partial charge in [-0.1, -0.05) is 12.1 Å². The van der Waals surface area contributed by atoms with Gasteiger partial charge in [0.1, 0.15) is 12.2 Å². The number of amides is 2. The molecule has 2 aliphatic heterocycles. The number of aromatic nitrogens is 3. The van der Waals surface area contributed by atoms with Crippen molar-refractivity contribution in [3.8, 4) is 11.5 Å². The van der Waals surface area contributed by atoms with Crippen LogP contribution in [0.2, 0.25) is 0 Å². The van der Waals surface area contributed by atoms with Gasteiger partial charge in [-0.25, -0.2) is 4.98 Å². The summed E-state index contributed by atoms with van der Waals surface area (Å²) in [5.74, 6) is 1.95. The lowest BCUT2D eigenvalue weighted by molar-refractivity contribution is -0.134. The number of likely N-dealkylation sites (tertiary alicyclic amines) is 2. The molecular weight excluding hydrogens is 374 g/mol. The number of para-hydroxylation sites is 2. The van der Waals surface area contributed by atoms with Crippen molar-refractivity contribution in [3.05, 3.63) is 36.4 Å². The van der Waals surface area contributed by atoms with Crippen LogP contribution < -0.4 is 9.47 Å². The highest BCUT2D eigenvalue weighted by Gasteiger charge is 2.48. The second-order valence-corrected chi connectivity index (χ2v) is 7.29. The summed E-state index contributed by atoms with van der Waals surface area (Å²) in [6, 6.07) is 7.21. The van der Waals surface area contributed by atoms with Gasteiger partial charge in [-0.15, -0.1) is 0 Å². The Kier molecular flexibility index (Phi) is 5.37. The minimum atomic E-state index is -0.105. The Balaban J connectivity index is 1.35. The van der Waals surface area contributed by atoms with E-state index in [0.717, 1.165) is 12.2 Å². The zero-order valence-electron chi connectivity index (χ0n) is 16.7. The van der Waals surface area contributed by atoms with E-state index in [2.05, 4.69) is 10.1 Å². The van der Waals surface area contributed by atoms with Crippen LogP contribution in [0.1, 0.15) is 18.7 Å². The molecule has 9 heteroatoms. The topological polar surface area (TPSA) is 89.8 Å². The minimum absolute atomic E-state index is 0.0611. The van der Waals surface area contributed by atoms with Crippen molar-refractivity contribution in [2.45, 2.75) is 31.3 Å². The first-order valence-electron chi connectivity index (χ1n) is 9.76. The number of rotatable bonds is 7. The maximum absolute atomic E-state index is 12.8. The van der Waals surface area contributed by atoms with Gasteiger partial charge in [0.05, 0.1) is 19.2 Å². The lowest BCUT2D eigenvalue weighted by Crippen LogP contribution is -2.42. The third-order valence-electron chi connectivity index (χ3n) is 5.74. The first-order valence-corrected chi connectivity index (χ1v) is 9.76. The van der Waals surface area contributed by atoms with Crippen molar-refractivity contribution in [1.29, 1.82) is 0 Å². The summed E-state index contributed by atoms with van der Waals surface area (Å²) in [6.45, 7) is 1.15. The maximum Gasteiger partial charge on any atom is 0.260 e. The number of methoxy groups -OCH3 is 1. The minimum Gasteiger partial charge on any atom is -0.493 e. The van der Waals surface area contributed by atoms with Crippen LogP contribution in [0.4, 0.5) is 0 Å². The summed E-state index contributed by atoms with van der Waals surface area (Å²) in [6.07, 6.45) is 3.32. The van der Waals surface area contributed by atoms with Gasteiger partial charge < -0.3 is 19.3 Å². The predicted octanol–water partition coefficient (Wildman–Crippen LogP) is 0.647. The molecule has 2 saturated heterocycles. The highest BCUT2D eigenvalue weighted by Crippen LogP contribution is 2.33. The van der Waals surface area contributed by atoms with Crippen LogP contribution in [-0.4, -0.2) is 75.3 Å². The quantitative estimate of drug-likeness (QED) is 0.679. The highest BCUT2D eigenvalue weighted by atomic mass is 16.5. The SMILES string of the molecule is COc1ccccc1OCC(=O)N1CC[C@H]2[C@@H]1CC(=O)N2CCc1ncnn1C. The molecular formula is C20H25N5O4. The van der Waals surface area contributed by atoms with Crippen molar-refractivity contribution in [2.24, 2.45) is 7.05 Å². The Bertz CT molecular complexity index is 899. The van der Waals surface area contributed by atoms with E-state index in [4.69, 9.17) is 9.47 Å². The Morgan fingerprint density at radius 1 is 1.24 bits per heavy atom. The van der Waals surface area contributed by atoms with Gasteiger partial charge in [-0.2, -0.15) is 5.10 Å². The zero-order chi connectivity index (χ0) is 20.4. The molecule has 2 fully saturated rings. The molecule has 2 aliphatic rings. The van der Waals surface area contributed by atoms with E-state index >= 15 is 0 Å². The second kappa shape index (κ2) is 8.10. The van der Waals surface area contributed by atoms with Crippen LogP contribution in [0.15, 0.2) is 30.6 Å². The Morgan fingerprint density at radius 2 is 2.03 bits per heavy atom. The standard InChI is InChI=1S/C20H25N5O4/c1-23-18(21-13-22-23)8-10-24-14-7-9-25(15(14)11-19(24)26)20(27)12-29-17-6-4-3-5-16(17)28-2/h3-6,13-15H,7-12H2,1-2H3/t14-,15-/m0/s1. The van der Waals surface area contributed by atoms with E-state index in [9.17, 15) is 9.59 Å². The Morgan fingerprint density at radius 3 is 2.76 bits per heavy atom. The van der Waals surface area contributed by atoms with Gasteiger partial charge in [0.2, 0.25) is 5.91 Å². The normalized spacial score (nSPS) is 20.8. The number of hydrogen-bond donors (Lipinski definition) is 0. The summed E-state index contributed by atoms with van der Waals surface area (Å²) in [7, 11) is 3.41. The maximum atomic E-state index is 12.8. The van der Waals surface area contributed by atoms with Crippen molar-refractivity contribution in [3.63, 3.8) is 0 Å². The van der Waals surface area contributed by atoms with Gasteiger partial charge >= 0.3 is 0 Å². The molecule has 0 aliphatic carbocycles. The van der Waals surface area contributed by atoms with Crippen molar-refractivity contribution in [1.82, 2.24) is 24.6 Å². The smallest absolute Gasteiger partial charge is 0.260 e. The lowest BCUT2D eigenvalue weighted by atomic mass is 10.1. The molecule has 2 amide bonds. The number of fused-ring (bicyclic) bond motifs is 1. The van der Waals surface area contributed by atoms with E-state index in [0.29, 0.717) is 37.4 Å². The Labute approximate surface area is 169 Å². The molecule has 1 aromatic heterocycles.